The Kier molecular flexibility index (Phi) is 37.2. The number of hydrogen-bond acceptors (Lipinski definition) is 4. The minimum atomic E-state index is -0.998. The van der Waals surface area contributed by atoms with Crippen molar-refractivity contribution in [2.45, 2.75) is 321 Å². The zero-order valence-corrected chi connectivity index (χ0v) is 41.3. The second-order valence-electron chi connectivity index (χ2n) is 19.8. The summed E-state index contributed by atoms with van der Waals surface area (Å²) in [6, 6.07) is 3.97. The molecule has 0 heterocycles. The van der Waals surface area contributed by atoms with E-state index in [4.69, 9.17) is 11.5 Å². The molecule has 0 aliphatic rings. The molecule has 0 aliphatic carbocycles. The van der Waals surface area contributed by atoms with Gasteiger partial charge in [0.15, 0.2) is 0 Å². The molecule has 354 valence electrons. The predicted octanol–water partition coefficient (Wildman–Crippen LogP) is 18.5. The number of unbranched alkanes of at least 4 members (excludes halogenated alkanes) is 36. The van der Waals surface area contributed by atoms with Gasteiger partial charge in [0, 0.05) is 22.5 Å². The van der Waals surface area contributed by atoms with Crippen LogP contribution in [0.2, 0.25) is 0 Å². The van der Waals surface area contributed by atoms with Gasteiger partial charge in [-0.25, -0.2) is 0 Å². The van der Waals surface area contributed by atoms with Crippen molar-refractivity contribution in [2.75, 3.05) is 11.5 Å². The van der Waals surface area contributed by atoms with Crippen LogP contribution in [0.25, 0.3) is 0 Å². The van der Waals surface area contributed by atoms with Crippen LogP contribution in [-0.2, 0) is 11.2 Å². The Hall–Kier alpha value is -1.26. The van der Waals surface area contributed by atoms with E-state index in [1.807, 2.05) is 6.07 Å². The van der Waals surface area contributed by atoms with Gasteiger partial charge < -0.3 is 21.7 Å². The van der Waals surface area contributed by atoms with E-state index in [0.717, 1.165) is 88.2 Å². The number of nitrogens with two attached hydrogens (primary N) is 2. The van der Waals surface area contributed by atoms with Crippen LogP contribution in [0.5, 0.6) is 0 Å². The normalized spacial score (nSPS) is 12.2. The fraction of sp³-hybridized carbons (Fsp3) is 0.893. The molecule has 0 unspecified atom stereocenters. The van der Waals surface area contributed by atoms with E-state index in [9.17, 15) is 10.2 Å². The third kappa shape index (κ3) is 28.4. The molecule has 0 atom stereocenters. The summed E-state index contributed by atoms with van der Waals surface area (Å²) in [5.41, 5.74) is 14.5. The van der Waals surface area contributed by atoms with Crippen LogP contribution < -0.4 is 11.5 Å². The van der Waals surface area contributed by atoms with Gasteiger partial charge in [-0.05, 0) is 37.8 Å². The van der Waals surface area contributed by atoms with Gasteiger partial charge >= 0.3 is 0 Å². The first-order chi connectivity index (χ1) is 29.3. The van der Waals surface area contributed by atoms with Crippen molar-refractivity contribution in [3.8, 4) is 0 Å². The lowest BCUT2D eigenvalue weighted by molar-refractivity contribution is 0.00777. The lowest BCUT2D eigenvalue weighted by atomic mass is 9.77. The topological polar surface area (TPSA) is 92.5 Å². The van der Waals surface area contributed by atoms with Gasteiger partial charge in [-0.3, -0.25) is 0 Å². The fourth-order valence-electron chi connectivity index (χ4n) is 9.85. The zero-order chi connectivity index (χ0) is 43.8. The van der Waals surface area contributed by atoms with E-state index >= 15 is 0 Å². The number of anilines is 2. The summed E-state index contributed by atoms with van der Waals surface area (Å²) >= 11 is 0. The second-order valence-corrected chi connectivity index (χ2v) is 19.8. The average molecular weight is 841 g/mol. The lowest BCUT2D eigenvalue weighted by Crippen LogP contribution is -2.31. The molecule has 0 fully saturated rings. The number of rotatable bonds is 46. The highest BCUT2D eigenvalue weighted by Crippen LogP contribution is 2.43. The molecule has 0 aliphatic heterocycles. The van der Waals surface area contributed by atoms with E-state index in [-0.39, 0.29) is 0 Å². The summed E-state index contributed by atoms with van der Waals surface area (Å²) in [5.74, 6) is 0. The maximum absolute atomic E-state index is 12.7. The van der Waals surface area contributed by atoms with E-state index in [0.29, 0.717) is 11.4 Å². The van der Waals surface area contributed by atoms with Gasteiger partial charge in [0.2, 0.25) is 0 Å². The molecule has 0 spiro atoms. The van der Waals surface area contributed by atoms with Crippen LogP contribution in [0.3, 0.4) is 0 Å². The maximum Gasteiger partial charge on any atom is 0.0916 e. The van der Waals surface area contributed by atoms with E-state index in [1.165, 1.54) is 205 Å². The van der Waals surface area contributed by atoms with Crippen LogP contribution in [0, 0.1) is 0 Å². The van der Waals surface area contributed by atoms with Gasteiger partial charge in [0.25, 0.3) is 0 Å². The maximum atomic E-state index is 12.7. The third-order valence-electron chi connectivity index (χ3n) is 14.0. The summed E-state index contributed by atoms with van der Waals surface area (Å²) in [5, 5.41) is 25.4. The van der Waals surface area contributed by atoms with E-state index < -0.39 is 11.2 Å². The summed E-state index contributed by atoms with van der Waals surface area (Å²) in [6.45, 7) is 9.15. The Morgan fingerprint density at radius 1 is 0.283 bits per heavy atom. The van der Waals surface area contributed by atoms with Crippen molar-refractivity contribution in [3.63, 3.8) is 0 Å². The number of benzene rings is 1. The summed E-state index contributed by atoms with van der Waals surface area (Å²) in [4.78, 5) is 0. The highest BCUT2D eigenvalue weighted by Gasteiger charge is 2.36. The van der Waals surface area contributed by atoms with Crippen molar-refractivity contribution < 1.29 is 10.2 Å². The molecule has 0 radical (unpaired) electrons. The summed E-state index contributed by atoms with van der Waals surface area (Å²) in [6.07, 6.45) is 54.1. The predicted molar refractivity (Wildman–Crippen MR) is 269 cm³/mol. The molecule has 6 N–H and O–H groups in total. The monoisotopic (exact) mass is 841 g/mol. The Balaban J connectivity index is 3.08. The van der Waals surface area contributed by atoms with Crippen LogP contribution >= 0.6 is 0 Å². The molecule has 1 rings (SSSR count). The van der Waals surface area contributed by atoms with Gasteiger partial charge in [0.05, 0.1) is 11.2 Å². The molecule has 4 nitrogen and oxygen atoms in total. The highest BCUT2D eigenvalue weighted by molar-refractivity contribution is 5.64. The smallest absolute Gasteiger partial charge is 0.0916 e. The minimum Gasteiger partial charge on any atom is -0.398 e. The molecule has 0 saturated carbocycles. The first-order valence-corrected chi connectivity index (χ1v) is 27.4. The van der Waals surface area contributed by atoms with Crippen LogP contribution in [-0.4, -0.2) is 10.2 Å². The van der Waals surface area contributed by atoms with Crippen molar-refractivity contribution in [3.05, 3.63) is 23.3 Å². The molecule has 60 heavy (non-hydrogen) atoms. The van der Waals surface area contributed by atoms with E-state index in [2.05, 4.69) is 33.8 Å². The second kappa shape index (κ2) is 39.3. The molecule has 0 bridgehead atoms. The first kappa shape index (κ1) is 56.8. The molecule has 1 aromatic carbocycles. The molecule has 0 saturated heterocycles. The van der Waals surface area contributed by atoms with Gasteiger partial charge in [-0.2, -0.15) is 0 Å². The van der Waals surface area contributed by atoms with Crippen LogP contribution in [0.4, 0.5) is 11.4 Å². The fourth-order valence-corrected chi connectivity index (χ4v) is 9.85. The zero-order valence-electron chi connectivity index (χ0n) is 41.3. The quantitative estimate of drug-likeness (QED) is 0.0389. The van der Waals surface area contributed by atoms with Gasteiger partial charge in [-0.15, -0.1) is 0 Å². The average Bonchev–Trinajstić information content (AvgIpc) is 3.23. The van der Waals surface area contributed by atoms with Crippen molar-refractivity contribution in [1.29, 1.82) is 0 Å². The Labute approximate surface area is 376 Å². The Bertz CT molecular complexity index is 944. The molecule has 0 aromatic heterocycles. The molecular formula is C56H108N2O2. The van der Waals surface area contributed by atoms with Crippen molar-refractivity contribution >= 4 is 11.4 Å². The molecule has 0 amide bonds. The van der Waals surface area contributed by atoms with Crippen LogP contribution in [0.15, 0.2) is 12.1 Å². The SMILES string of the molecule is CCCCCCCCCCCCC(O)(CCCCCCCCCCCC)c1cc(C(O)(CCCCCCCCCCCC)CCCCCCCCCCCC)c(N)cc1N. The Morgan fingerprint density at radius 2 is 0.450 bits per heavy atom. The number of aliphatic hydroxyl groups is 2. The summed E-state index contributed by atoms with van der Waals surface area (Å²) < 4.78 is 0. The lowest BCUT2D eigenvalue weighted by Gasteiger charge is -2.35. The standard InChI is InChI=1S/C56H108N2O2/c1-5-9-13-17-21-25-29-33-37-41-45-55(59,46-42-38-34-30-26-22-18-14-10-6-2)51-49-52(54(58)50-53(51)57)56(60,47-43-39-35-31-27-23-19-15-11-7-3)48-44-40-36-32-28-24-20-16-12-8-4/h49-50,59-60H,5-48,57-58H2,1-4H3. The molecular weight excluding hydrogens is 733 g/mol. The van der Waals surface area contributed by atoms with Gasteiger partial charge in [-0.1, -0.05) is 285 Å². The van der Waals surface area contributed by atoms with E-state index in [1.54, 1.807) is 0 Å². The Morgan fingerprint density at radius 3 is 0.633 bits per heavy atom. The highest BCUT2D eigenvalue weighted by atomic mass is 16.3. The van der Waals surface area contributed by atoms with Gasteiger partial charge in [0.1, 0.15) is 0 Å². The molecule has 4 heteroatoms. The first-order valence-electron chi connectivity index (χ1n) is 27.4. The van der Waals surface area contributed by atoms with Crippen LogP contribution in [0.1, 0.15) is 321 Å². The molecule has 1 aromatic rings. The number of hydrogen-bond donors (Lipinski definition) is 4. The van der Waals surface area contributed by atoms with Crippen molar-refractivity contribution in [1.82, 2.24) is 0 Å². The number of nitrogen functional groups attached to an aromatic ring is 2. The largest absolute Gasteiger partial charge is 0.398 e. The minimum absolute atomic E-state index is 0.595. The van der Waals surface area contributed by atoms with Crippen molar-refractivity contribution in [2.24, 2.45) is 0 Å². The summed E-state index contributed by atoms with van der Waals surface area (Å²) in [7, 11) is 0. The third-order valence-corrected chi connectivity index (χ3v) is 14.0.